The third-order valence-corrected chi connectivity index (χ3v) is 3.29. The summed E-state index contributed by atoms with van der Waals surface area (Å²) in [6, 6.07) is 19.1. The molecule has 3 rings (SSSR count). The van der Waals surface area contributed by atoms with Crippen LogP contribution in [0, 0.1) is 0 Å². The molecule has 3 aromatic rings. The van der Waals surface area contributed by atoms with Gasteiger partial charge in [-0.2, -0.15) is 0 Å². The first-order valence-electron chi connectivity index (χ1n) is 6.95. The summed E-state index contributed by atoms with van der Waals surface area (Å²) < 4.78 is 5.56. The second kappa shape index (κ2) is 6.60. The smallest absolute Gasteiger partial charge is 0.217 e. The average molecular weight is 303 g/mol. The molecule has 112 valence electrons. The molecular weight excluding hydrogens is 290 g/mol. The van der Waals surface area contributed by atoms with E-state index in [0.717, 1.165) is 11.1 Å². The molecule has 23 heavy (non-hydrogen) atoms. The van der Waals surface area contributed by atoms with Crippen LogP contribution in [-0.2, 0) is 0 Å². The van der Waals surface area contributed by atoms with Crippen molar-refractivity contribution >= 4 is 5.95 Å². The van der Waals surface area contributed by atoms with Crippen molar-refractivity contribution in [3.63, 3.8) is 0 Å². The van der Waals surface area contributed by atoms with Gasteiger partial charge >= 0.3 is 0 Å². The Bertz CT molecular complexity index is 798. The molecule has 6 heteroatoms. The molecule has 0 fully saturated rings. The molecule has 0 unspecified atom stereocenters. The highest BCUT2D eigenvalue weighted by molar-refractivity contribution is 5.78. The predicted octanol–water partition coefficient (Wildman–Crippen LogP) is 4.76. The van der Waals surface area contributed by atoms with Gasteiger partial charge in [0, 0.05) is 16.0 Å². The molecule has 0 bridgehead atoms. The average Bonchev–Trinajstić information content (AvgIpc) is 2.63. The number of benzene rings is 2. The molecule has 0 N–H and O–H groups in total. The van der Waals surface area contributed by atoms with Crippen LogP contribution >= 0.6 is 0 Å². The largest absolute Gasteiger partial charge is 0.492 e. The molecule has 0 amide bonds. The van der Waals surface area contributed by atoms with Gasteiger partial charge in [-0.25, -0.2) is 9.97 Å². The topological polar surface area (TPSA) is 83.8 Å². The Morgan fingerprint density at radius 3 is 1.74 bits per heavy atom. The molecule has 0 aliphatic heterocycles. The minimum absolute atomic E-state index is 0.0611. The van der Waals surface area contributed by atoms with Gasteiger partial charge in [0.25, 0.3) is 0 Å². The maximum absolute atomic E-state index is 8.72. The second-order valence-electron chi connectivity index (χ2n) is 4.68. The monoisotopic (exact) mass is 303 g/mol. The number of ether oxygens (including phenoxy) is 1. The van der Waals surface area contributed by atoms with Crippen LogP contribution in [0.2, 0.25) is 0 Å². The van der Waals surface area contributed by atoms with Gasteiger partial charge in [0.1, 0.15) is 11.4 Å². The lowest BCUT2D eigenvalue weighted by Crippen LogP contribution is -1.98. The normalized spacial score (nSPS) is 9.96. The van der Waals surface area contributed by atoms with Gasteiger partial charge in [-0.15, -0.1) is 0 Å². The number of methoxy groups -OCH3 is 1. The number of rotatable bonds is 4. The van der Waals surface area contributed by atoms with E-state index in [9.17, 15) is 0 Å². The summed E-state index contributed by atoms with van der Waals surface area (Å²) in [5, 5.41) is 3.56. The van der Waals surface area contributed by atoms with Crippen molar-refractivity contribution in [2.45, 2.75) is 0 Å². The van der Waals surface area contributed by atoms with Gasteiger partial charge in [0.15, 0.2) is 5.75 Å². The molecular formula is C17H13N5O. The molecule has 2 aromatic carbocycles. The van der Waals surface area contributed by atoms with Crippen LogP contribution in [-0.4, -0.2) is 17.1 Å². The third kappa shape index (κ3) is 2.97. The molecule has 1 aromatic heterocycles. The van der Waals surface area contributed by atoms with E-state index in [-0.39, 0.29) is 5.95 Å². The lowest BCUT2D eigenvalue weighted by atomic mass is 10.1. The first-order valence-corrected chi connectivity index (χ1v) is 6.95. The van der Waals surface area contributed by atoms with Crippen LogP contribution in [0.5, 0.6) is 5.75 Å². The van der Waals surface area contributed by atoms with E-state index >= 15 is 0 Å². The van der Waals surface area contributed by atoms with Crippen molar-refractivity contribution < 1.29 is 4.74 Å². The van der Waals surface area contributed by atoms with Gasteiger partial charge in [0.2, 0.25) is 5.95 Å². The summed E-state index contributed by atoms with van der Waals surface area (Å²) >= 11 is 0. The van der Waals surface area contributed by atoms with Crippen LogP contribution in [0.15, 0.2) is 65.8 Å². The summed E-state index contributed by atoms with van der Waals surface area (Å²) in [4.78, 5) is 11.5. The van der Waals surface area contributed by atoms with E-state index in [1.807, 2.05) is 60.7 Å². The highest BCUT2D eigenvalue weighted by Crippen LogP contribution is 2.37. The second-order valence-corrected chi connectivity index (χ2v) is 4.68. The molecule has 0 saturated heterocycles. The van der Waals surface area contributed by atoms with Gasteiger partial charge < -0.3 is 4.74 Å². The van der Waals surface area contributed by atoms with E-state index in [0.29, 0.717) is 17.1 Å². The highest BCUT2D eigenvalue weighted by atomic mass is 16.5. The highest BCUT2D eigenvalue weighted by Gasteiger charge is 2.17. The Labute approximate surface area is 133 Å². The van der Waals surface area contributed by atoms with Crippen molar-refractivity contribution in [3.8, 4) is 28.3 Å². The summed E-state index contributed by atoms with van der Waals surface area (Å²) in [5.41, 5.74) is 11.6. The zero-order valence-corrected chi connectivity index (χ0v) is 12.4. The third-order valence-electron chi connectivity index (χ3n) is 3.29. The zero-order valence-electron chi connectivity index (χ0n) is 12.4. The first kappa shape index (κ1) is 14.6. The number of hydrogen-bond donors (Lipinski definition) is 0. The van der Waals surface area contributed by atoms with Gasteiger partial charge in [-0.3, -0.25) is 0 Å². The van der Waals surface area contributed by atoms with Crippen molar-refractivity contribution in [3.05, 3.63) is 71.1 Å². The maximum atomic E-state index is 8.72. The number of aromatic nitrogens is 2. The number of nitrogens with zero attached hydrogens (tertiary/aromatic N) is 5. The predicted molar refractivity (Wildman–Crippen MR) is 88.3 cm³/mol. The standard InChI is InChI=1S/C17H13N5O/c1-23-16-14(12-8-4-2-5-9-12)19-17(21-22-18)20-15(16)13-10-6-3-7-11-13/h2-11H,1H3. The van der Waals surface area contributed by atoms with E-state index in [4.69, 9.17) is 10.3 Å². The van der Waals surface area contributed by atoms with Crippen LogP contribution < -0.4 is 4.74 Å². The Morgan fingerprint density at radius 1 is 0.870 bits per heavy atom. The van der Waals surface area contributed by atoms with Crippen molar-refractivity contribution in [1.29, 1.82) is 0 Å². The van der Waals surface area contributed by atoms with Gasteiger partial charge in [-0.1, -0.05) is 60.7 Å². The van der Waals surface area contributed by atoms with Crippen LogP contribution in [0.3, 0.4) is 0 Å². The number of azide groups is 1. The molecule has 0 radical (unpaired) electrons. The Morgan fingerprint density at radius 2 is 1.35 bits per heavy atom. The molecule has 0 spiro atoms. The molecule has 0 atom stereocenters. The van der Waals surface area contributed by atoms with Crippen molar-refractivity contribution in [2.24, 2.45) is 5.11 Å². The summed E-state index contributed by atoms with van der Waals surface area (Å²) in [6.07, 6.45) is 0. The first-order chi connectivity index (χ1) is 11.3. The minimum Gasteiger partial charge on any atom is -0.492 e. The lowest BCUT2D eigenvalue weighted by molar-refractivity contribution is 0.414. The Kier molecular flexibility index (Phi) is 4.18. The number of hydrogen-bond acceptors (Lipinski definition) is 4. The Balaban J connectivity index is 2.31. The fourth-order valence-electron chi connectivity index (χ4n) is 2.30. The molecule has 0 aliphatic rings. The van der Waals surface area contributed by atoms with Crippen LogP contribution in [0.25, 0.3) is 33.0 Å². The summed E-state index contributed by atoms with van der Waals surface area (Å²) in [7, 11) is 1.57. The van der Waals surface area contributed by atoms with E-state index in [1.54, 1.807) is 7.11 Å². The molecule has 1 heterocycles. The quantitative estimate of drug-likeness (QED) is 0.395. The fourth-order valence-corrected chi connectivity index (χ4v) is 2.30. The van der Waals surface area contributed by atoms with E-state index in [1.165, 1.54) is 0 Å². The van der Waals surface area contributed by atoms with E-state index in [2.05, 4.69) is 20.0 Å². The molecule has 0 aliphatic carbocycles. The lowest BCUT2D eigenvalue weighted by Gasteiger charge is -2.13. The summed E-state index contributed by atoms with van der Waals surface area (Å²) in [5.74, 6) is 0.602. The van der Waals surface area contributed by atoms with Crippen LogP contribution in [0.4, 0.5) is 5.95 Å². The van der Waals surface area contributed by atoms with Gasteiger partial charge in [-0.05, 0) is 10.6 Å². The minimum atomic E-state index is 0.0611. The molecule has 0 saturated carbocycles. The van der Waals surface area contributed by atoms with Crippen molar-refractivity contribution in [2.75, 3.05) is 7.11 Å². The van der Waals surface area contributed by atoms with Gasteiger partial charge in [0.05, 0.1) is 7.11 Å². The summed E-state index contributed by atoms with van der Waals surface area (Å²) in [6.45, 7) is 0. The van der Waals surface area contributed by atoms with E-state index < -0.39 is 0 Å². The fraction of sp³-hybridized carbons (Fsp3) is 0.0588. The molecule has 6 nitrogen and oxygen atoms in total. The van der Waals surface area contributed by atoms with Crippen molar-refractivity contribution in [1.82, 2.24) is 9.97 Å². The Hall–Kier alpha value is -3.37. The maximum Gasteiger partial charge on any atom is 0.217 e. The van der Waals surface area contributed by atoms with Crippen LogP contribution in [0.1, 0.15) is 0 Å². The SMILES string of the molecule is COc1c(-c2ccccc2)nc(N=[N+]=[N-])nc1-c1ccccc1. The zero-order chi connectivity index (χ0) is 16.1.